The molecule has 82 valence electrons. The average Bonchev–Trinajstić information content (AvgIpc) is 2.99. The zero-order valence-corrected chi connectivity index (χ0v) is 8.83. The number of aliphatic hydroxyl groups is 1. The largest absolute Gasteiger partial charge is 0.394 e. The summed E-state index contributed by atoms with van der Waals surface area (Å²) in [5, 5.41) is 12.6. The van der Waals surface area contributed by atoms with E-state index >= 15 is 0 Å². The molecule has 1 fully saturated rings. The van der Waals surface area contributed by atoms with Gasteiger partial charge in [0.1, 0.15) is 5.82 Å². The van der Waals surface area contributed by atoms with Gasteiger partial charge >= 0.3 is 0 Å². The second-order valence-corrected chi connectivity index (χ2v) is 4.18. The number of hydrogen-bond acceptors (Lipinski definition) is 2. The summed E-state index contributed by atoms with van der Waals surface area (Å²) in [6.07, 6.45) is 2.35. The van der Waals surface area contributed by atoms with Crippen LogP contribution in [-0.2, 0) is 0 Å². The first-order valence-corrected chi connectivity index (χ1v) is 5.33. The molecule has 1 unspecified atom stereocenters. The van der Waals surface area contributed by atoms with E-state index in [0.717, 1.165) is 11.1 Å². The van der Waals surface area contributed by atoms with E-state index in [2.05, 4.69) is 5.32 Å². The Labute approximate surface area is 89.1 Å². The van der Waals surface area contributed by atoms with Gasteiger partial charge in [0.2, 0.25) is 0 Å². The molecule has 0 aliphatic heterocycles. The maximum Gasteiger partial charge on any atom is 0.123 e. The molecule has 0 heterocycles. The van der Waals surface area contributed by atoms with E-state index in [1.165, 1.54) is 25.0 Å². The summed E-state index contributed by atoms with van der Waals surface area (Å²) in [5.74, 6) is -0.223. The van der Waals surface area contributed by atoms with Crippen LogP contribution in [0, 0.1) is 12.7 Å². The van der Waals surface area contributed by atoms with Crippen LogP contribution in [0.15, 0.2) is 18.2 Å². The maximum absolute atomic E-state index is 12.9. The van der Waals surface area contributed by atoms with Gasteiger partial charge in [-0.25, -0.2) is 4.39 Å². The lowest BCUT2D eigenvalue weighted by Crippen LogP contribution is -2.26. The predicted molar refractivity (Wildman–Crippen MR) is 57.1 cm³/mol. The van der Waals surface area contributed by atoms with Gasteiger partial charge in [0, 0.05) is 6.04 Å². The normalized spacial score (nSPS) is 17.8. The Balaban J connectivity index is 2.16. The molecule has 3 heteroatoms. The van der Waals surface area contributed by atoms with Gasteiger partial charge in [0.05, 0.1) is 12.6 Å². The summed E-state index contributed by atoms with van der Waals surface area (Å²) in [6, 6.07) is 5.18. The lowest BCUT2D eigenvalue weighted by molar-refractivity contribution is 0.243. The Morgan fingerprint density at radius 3 is 2.80 bits per heavy atom. The van der Waals surface area contributed by atoms with Crippen LogP contribution >= 0.6 is 0 Å². The van der Waals surface area contributed by atoms with E-state index in [1.54, 1.807) is 6.07 Å². The lowest BCUT2D eigenvalue weighted by atomic mass is 10.0. The number of hydrogen-bond donors (Lipinski definition) is 2. The van der Waals surface area contributed by atoms with Gasteiger partial charge in [-0.2, -0.15) is 0 Å². The Hall–Kier alpha value is -0.930. The molecule has 0 amide bonds. The number of benzene rings is 1. The molecule has 2 N–H and O–H groups in total. The number of rotatable bonds is 4. The topological polar surface area (TPSA) is 32.3 Å². The molecule has 0 spiro atoms. The Bertz CT molecular complexity index is 349. The fourth-order valence-corrected chi connectivity index (χ4v) is 1.81. The highest BCUT2D eigenvalue weighted by Gasteiger charge is 2.25. The van der Waals surface area contributed by atoms with Crippen molar-refractivity contribution in [1.29, 1.82) is 0 Å². The van der Waals surface area contributed by atoms with Crippen LogP contribution in [0.25, 0.3) is 0 Å². The quantitative estimate of drug-likeness (QED) is 0.794. The molecule has 0 bridgehead atoms. The molecule has 2 rings (SSSR count). The van der Waals surface area contributed by atoms with Crippen LogP contribution in [0.5, 0.6) is 0 Å². The van der Waals surface area contributed by atoms with E-state index in [4.69, 9.17) is 0 Å². The summed E-state index contributed by atoms with van der Waals surface area (Å²) >= 11 is 0. The van der Waals surface area contributed by atoms with Crippen molar-refractivity contribution in [2.75, 3.05) is 6.61 Å². The van der Waals surface area contributed by atoms with Crippen molar-refractivity contribution in [1.82, 2.24) is 5.32 Å². The molecular weight excluding hydrogens is 193 g/mol. The third-order valence-electron chi connectivity index (χ3n) is 2.80. The van der Waals surface area contributed by atoms with Crippen LogP contribution in [0.1, 0.15) is 30.0 Å². The van der Waals surface area contributed by atoms with E-state index in [0.29, 0.717) is 6.04 Å². The minimum atomic E-state index is -0.223. The molecule has 1 saturated carbocycles. The Morgan fingerprint density at radius 1 is 1.53 bits per heavy atom. The highest BCUT2D eigenvalue weighted by Crippen LogP contribution is 2.25. The van der Waals surface area contributed by atoms with Crippen LogP contribution in [-0.4, -0.2) is 17.8 Å². The summed E-state index contributed by atoms with van der Waals surface area (Å²) in [5.41, 5.74) is 1.88. The molecule has 1 aromatic carbocycles. The number of halogens is 1. The average molecular weight is 209 g/mol. The minimum Gasteiger partial charge on any atom is -0.394 e. The fraction of sp³-hybridized carbons (Fsp3) is 0.500. The van der Waals surface area contributed by atoms with Gasteiger partial charge < -0.3 is 10.4 Å². The fourth-order valence-electron chi connectivity index (χ4n) is 1.81. The van der Waals surface area contributed by atoms with Crippen LogP contribution in [0.3, 0.4) is 0 Å². The molecule has 1 aliphatic rings. The second kappa shape index (κ2) is 4.29. The lowest BCUT2D eigenvalue weighted by Gasteiger charge is -2.18. The molecule has 15 heavy (non-hydrogen) atoms. The number of nitrogens with one attached hydrogen (secondary N) is 1. The smallest absolute Gasteiger partial charge is 0.123 e. The van der Waals surface area contributed by atoms with Crippen LogP contribution in [0.4, 0.5) is 4.39 Å². The number of aliphatic hydroxyl groups excluding tert-OH is 1. The Kier molecular flexibility index (Phi) is 3.03. The van der Waals surface area contributed by atoms with E-state index in [-0.39, 0.29) is 18.5 Å². The van der Waals surface area contributed by atoms with Gasteiger partial charge in [0.25, 0.3) is 0 Å². The van der Waals surface area contributed by atoms with Gasteiger partial charge in [0.15, 0.2) is 0 Å². The SMILES string of the molecule is Cc1cc(F)ccc1C(CO)NC1CC1. The molecule has 1 aliphatic carbocycles. The first kappa shape index (κ1) is 10.6. The van der Waals surface area contributed by atoms with Crippen molar-refractivity contribution >= 4 is 0 Å². The summed E-state index contributed by atoms with van der Waals surface area (Å²) in [7, 11) is 0. The summed E-state index contributed by atoms with van der Waals surface area (Å²) < 4.78 is 12.9. The summed E-state index contributed by atoms with van der Waals surface area (Å²) in [4.78, 5) is 0. The van der Waals surface area contributed by atoms with Gasteiger partial charge in [-0.05, 0) is 43.0 Å². The monoisotopic (exact) mass is 209 g/mol. The zero-order valence-electron chi connectivity index (χ0n) is 8.83. The molecular formula is C12H16FNO. The van der Waals surface area contributed by atoms with Crippen molar-refractivity contribution in [2.24, 2.45) is 0 Å². The van der Waals surface area contributed by atoms with Crippen LogP contribution in [0.2, 0.25) is 0 Å². The van der Waals surface area contributed by atoms with Crippen molar-refractivity contribution in [3.8, 4) is 0 Å². The summed E-state index contributed by atoms with van der Waals surface area (Å²) in [6.45, 7) is 1.93. The minimum absolute atomic E-state index is 0.0573. The van der Waals surface area contributed by atoms with Gasteiger partial charge in [-0.15, -0.1) is 0 Å². The van der Waals surface area contributed by atoms with Crippen molar-refractivity contribution < 1.29 is 9.50 Å². The number of aryl methyl sites for hydroxylation is 1. The predicted octanol–water partition coefficient (Wildman–Crippen LogP) is 1.92. The third-order valence-corrected chi connectivity index (χ3v) is 2.80. The standard InChI is InChI=1S/C12H16FNO/c1-8-6-9(13)2-5-11(8)12(7-15)14-10-3-4-10/h2,5-6,10,12,14-15H,3-4,7H2,1H3. The van der Waals surface area contributed by atoms with Crippen LogP contribution < -0.4 is 5.32 Å². The van der Waals surface area contributed by atoms with E-state index in [9.17, 15) is 9.50 Å². The molecule has 2 nitrogen and oxygen atoms in total. The molecule has 0 aromatic heterocycles. The second-order valence-electron chi connectivity index (χ2n) is 4.18. The maximum atomic E-state index is 12.9. The Morgan fingerprint density at radius 2 is 2.27 bits per heavy atom. The first-order valence-electron chi connectivity index (χ1n) is 5.33. The zero-order chi connectivity index (χ0) is 10.8. The highest BCUT2D eigenvalue weighted by atomic mass is 19.1. The highest BCUT2D eigenvalue weighted by molar-refractivity contribution is 5.29. The molecule has 1 aromatic rings. The molecule has 0 saturated heterocycles. The molecule has 1 atom stereocenters. The van der Waals surface area contributed by atoms with Crippen molar-refractivity contribution in [3.63, 3.8) is 0 Å². The van der Waals surface area contributed by atoms with E-state index < -0.39 is 0 Å². The van der Waals surface area contributed by atoms with Gasteiger partial charge in [-0.1, -0.05) is 6.07 Å². The van der Waals surface area contributed by atoms with E-state index in [1.807, 2.05) is 6.92 Å². The van der Waals surface area contributed by atoms with Gasteiger partial charge in [-0.3, -0.25) is 0 Å². The molecule has 0 radical (unpaired) electrons. The first-order chi connectivity index (χ1) is 7.20. The third kappa shape index (κ3) is 2.55. The van der Waals surface area contributed by atoms with Crippen molar-refractivity contribution in [3.05, 3.63) is 35.1 Å². The van der Waals surface area contributed by atoms with Crippen molar-refractivity contribution in [2.45, 2.75) is 31.8 Å².